The predicted octanol–water partition coefficient (Wildman–Crippen LogP) is -0.450. The molecule has 0 aliphatic carbocycles. The van der Waals surface area contributed by atoms with E-state index >= 15 is 0 Å². The lowest BCUT2D eigenvalue weighted by atomic mass is 10.3. The molecule has 0 aliphatic rings. The molecule has 8 heteroatoms. The average molecular weight is 256 g/mol. The summed E-state index contributed by atoms with van der Waals surface area (Å²) in [7, 11) is 1.73. The molecule has 0 bridgehead atoms. The molecule has 0 radical (unpaired) electrons. The molecule has 0 saturated heterocycles. The van der Waals surface area contributed by atoms with Gasteiger partial charge in [-0.05, 0) is 6.42 Å². The molecule has 0 fully saturated rings. The predicted molar refractivity (Wildman–Crippen MR) is 63.3 cm³/mol. The molecule has 4 N–H and O–H groups in total. The Balaban J connectivity index is 2.51. The van der Waals surface area contributed by atoms with Gasteiger partial charge in [0, 0.05) is 13.2 Å². The van der Waals surface area contributed by atoms with E-state index in [1.807, 2.05) is 6.92 Å². The van der Waals surface area contributed by atoms with Crippen molar-refractivity contribution in [3.05, 3.63) is 11.9 Å². The van der Waals surface area contributed by atoms with Crippen molar-refractivity contribution >= 4 is 17.7 Å². The Morgan fingerprint density at radius 2 is 2.22 bits per heavy atom. The van der Waals surface area contributed by atoms with Gasteiger partial charge in [0.15, 0.2) is 6.10 Å². The third kappa shape index (κ3) is 3.74. The third-order valence-corrected chi connectivity index (χ3v) is 2.23. The van der Waals surface area contributed by atoms with E-state index in [9.17, 15) is 9.59 Å². The van der Waals surface area contributed by atoms with Gasteiger partial charge in [-0.2, -0.15) is 5.10 Å². The molecule has 1 heterocycles. The molecule has 1 atom stereocenters. The summed E-state index contributed by atoms with van der Waals surface area (Å²) in [5.74, 6) is -1.38. The minimum absolute atomic E-state index is 0.358. The van der Waals surface area contributed by atoms with E-state index < -0.39 is 18.1 Å². The van der Waals surface area contributed by atoms with Crippen molar-refractivity contribution in [1.29, 1.82) is 0 Å². The van der Waals surface area contributed by atoms with E-state index in [0.29, 0.717) is 12.1 Å². The zero-order valence-electron chi connectivity index (χ0n) is 10.2. The second-order valence-corrected chi connectivity index (χ2v) is 3.71. The first-order valence-corrected chi connectivity index (χ1v) is 5.42. The Bertz CT molecular complexity index is 443. The zero-order valence-corrected chi connectivity index (χ0v) is 10.2. The summed E-state index contributed by atoms with van der Waals surface area (Å²) in [6.45, 7) is 1.54. The van der Waals surface area contributed by atoms with Crippen LogP contribution in [0.5, 0.6) is 0 Å². The lowest BCUT2D eigenvalue weighted by Gasteiger charge is -2.08. The fourth-order valence-corrected chi connectivity index (χ4v) is 1.34. The zero-order chi connectivity index (χ0) is 13.7. The van der Waals surface area contributed by atoms with E-state index in [4.69, 9.17) is 10.2 Å². The van der Waals surface area contributed by atoms with Gasteiger partial charge in [-0.25, -0.2) is 9.59 Å². The van der Waals surface area contributed by atoms with E-state index in [1.54, 1.807) is 17.9 Å². The Kier molecular flexibility index (Phi) is 4.67. The number of nitrogens with one attached hydrogen (secondary N) is 2. The molecular formula is C10H16N4O4. The summed E-state index contributed by atoms with van der Waals surface area (Å²) in [4.78, 5) is 21.8. The number of carboxylic acids is 1. The van der Waals surface area contributed by atoms with Crippen LogP contribution in [0.15, 0.2) is 6.20 Å². The Morgan fingerprint density at radius 1 is 1.56 bits per heavy atom. The summed E-state index contributed by atoms with van der Waals surface area (Å²) in [6, 6.07) is -0.585. The molecule has 100 valence electrons. The van der Waals surface area contributed by atoms with Gasteiger partial charge in [0.1, 0.15) is 0 Å². The topological polar surface area (TPSA) is 116 Å². The number of hydrogen-bond donors (Lipinski definition) is 4. The smallest absolute Gasteiger partial charge is 0.334 e. The maximum absolute atomic E-state index is 11.5. The SMILES string of the molecule is CCc1nn(C)cc1NC(=O)NC[C@H](O)C(=O)O. The molecule has 8 nitrogen and oxygen atoms in total. The van der Waals surface area contributed by atoms with E-state index in [2.05, 4.69) is 15.7 Å². The van der Waals surface area contributed by atoms with Gasteiger partial charge in [0.25, 0.3) is 0 Å². The van der Waals surface area contributed by atoms with Gasteiger partial charge >= 0.3 is 12.0 Å². The Morgan fingerprint density at radius 3 is 2.78 bits per heavy atom. The van der Waals surface area contributed by atoms with Crippen LogP contribution in [0.4, 0.5) is 10.5 Å². The molecule has 18 heavy (non-hydrogen) atoms. The number of carboxylic acid groups (broad SMARTS) is 1. The van der Waals surface area contributed by atoms with Crippen LogP contribution in [0.3, 0.4) is 0 Å². The van der Waals surface area contributed by atoms with Gasteiger partial charge in [-0.1, -0.05) is 6.92 Å². The van der Waals surface area contributed by atoms with Crippen molar-refractivity contribution in [2.75, 3.05) is 11.9 Å². The molecule has 0 saturated carbocycles. The van der Waals surface area contributed by atoms with Crippen LogP contribution in [0.25, 0.3) is 0 Å². The number of aliphatic hydroxyl groups is 1. The van der Waals surface area contributed by atoms with Crippen LogP contribution in [-0.2, 0) is 18.3 Å². The molecule has 1 rings (SSSR count). The lowest BCUT2D eigenvalue weighted by molar-refractivity contribution is -0.146. The standard InChI is InChI=1S/C10H16N4O4/c1-3-6-7(5-14(2)13-6)12-10(18)11-4-8(15)9(16)17/h5,8,15H,3-4H2,1-2H3,(H,16,17)(H2,11,12,18)/t8-/m0/s1. The molecule has 2 amide bonds. The summed E-state index contributed by atoms with van der Waals surface area (Å²) < 4.78 is 1.57. The van der Waals surface area contributed by atoms with Gasteiger partial charge in [-0.15, -0.1) is 0 Å². The van der Waals surface area contributed by atoms with E-state index in [0.717, 1.165) is 5.69 Å². The Labute approximate surface area is 104 Å². The number of urea groups is 1. The summed E-state index contributed by atoms with van der Waals surface area (Å²) in [5.41, 5.74) is 1.29. The van der Waals surface area contributed by atoms with Crippen LogP contribution >= 0.6 is 0 Å². The van der Waals surface area contributed by atoms with Crippen LogP contribution in [0, 0.1) is 0 Å². The van der Waals surface area contributed by atoms with Crippen molar-refractivity contribution in [2.24, 2.45) is 7.05 Å². The number of anilines is 1. The highest BCUT2D eigenvalue weighted by Gasteiger charge is 2.15. The maximum Gasteiger partial charge on any atom is 0.334 e. The van der Waals surface area contributed by atoms with Gasteiger partial charge in [0.05, 0.1) is 17.9 Å². The highest BCUT2D eigenvalue weighted by Crippen LogP contribution is 2.13. The number of aliphatic hydroxyl groups excluding tert-OH is 1. The third-order valence-electron chi connectivity index (χ3n) is 2.23. The van der Waals surface area contributed by atoms with Crippen LogP contribution in [-0.4, -0.2) is 44.6 Å². The lowest BCUT2D eigenvalue weighted by Crippen LogP contribution is -2.38. The molecule has 0 aromatic carbocycles. The first kappa shape index (κ1) is 14.0. The van der Waals surface area contributed by atoms with Crippen LogP contribution in [0.2, 0.25) is 0 Å². The Hall–Kier alpha value is -2.09. The molecule has 1 aromatic rings. The number of nitrogens with zero attached hydrogens (tertiary/aromatic N) is 2. The van der Waals surface area contributed by atoms with Crippen molar-refractivity contribution in [2.45, 2.75) is 19.4 Å². The second kappa shape index (κ2) is 6.01. The van der Waals surface area contributed by atoms with E-state index in [-0.39, 0.29) is 6.54 Å². The van der Waals surface area contributed by atoms with Crippen molar-refractivity contribution < 1.29 is 19.8 Å². The summed E-state index contributed by atoms with van der Waals surface area (Å²) in [5, 5.41) is 26.4. The number of rotatable bonds is 5. The molecular weight excluding hydrogens is 240 g/mol. The van der Waals surface area contributed by atoms with E-state index in [1.165, 1.54) is 0 Å². The highest BCUT2D eigenvalue weighted by atomic mass is 16.4. The monoisotopic (exact) mass is 256 g/mol. The van der Waals surface area contributed by atoms with Gasteiger partial charge < -0.3 is 20.8 Å². The summed E-state index contributed by atoms with van der Waals surface area (Å²) in [6.07, 6.45) is 0.690. The normalized spacial score (nSPS) is 11.9. The van der Waals surface area contributed by atoms with Crippen molar-refractivity contribution in [3.63, 3.8) is 0 Å². The largest absolute Gasteiger partial charge is 0.479 e. The number of aromatic nitrogens is 2. The number of carbonyl (C=O) groups excluding carboxylic acids is 1. The number of hydrogen-bond acceptors (Lipinski definition) is 4. The number of carbonyl (C=O) groups is 2. The first-order chi connectivity index (χ1) is 8.43. The fraction of sp³-hybridized carbons (Fsp3) is 0.500. The quantitative estimate of drug-likeness (QED) is 0.569. The maximum atomic E-state index is 11.5. The number of aliphatic carboxylic acids is 1. The highest BCUT2D eigenvalue weighted by molar-refractivity contribution is 5.90. The number of aryl methyl sites for hydroxylation is 2. The van der Waals surface area contributed by atoms with Gasteiger partial charge in [0.2, 0.25) is 0 Å². The molecule has 0 unspecified atom stereocenters. The minimum Gasteiger partial charge on any atom is -0.479 e. The van der Waals surface area contributed by atoms with Crippen molar-refractivity contribution in [3.8, 4) is 0 Å². The van der Waals surface area contributed by atoms with Crippen LogP contribution < -0.4 is 10.6 Å². The minimum atomic E-state index is -1.62. The first-order valence-electron chi connectivity index (χ1n) is 5.42. The average Bonchev–Trinajstić information content (AvgIpc) is 2.66. The van der Waals surface area contributed by atoms with Crippen molar-refractivity contribution in [1.82, 2.24) is 15.1 Å². The van der Waals surface area contributed by atoms with Gasteiger partial charge in [-0.3, -0.25) is 4.68 Å². The number of amides is 2. The summed E-state index contributed by atoms with van der Waals surface area (Å²) >= 11 is 0. The van der Waals surface area contributed by atoms with Crippen LogP contribution in [0.1, 0.15) is 12.6 Å². The molecule has 0 aliphatic heterocycles. The second-order valence-electron chi connectivity index (χ2n) is 3.71. The molecule has 0 spiro atoms. The molecule has 1 aromatic heterocycles. The fourth-order valence-electron chi connectivity index (χ4n) is 1.34.